The number of ketones is 1. The number of Topliss-reactive ketones (excluding diaryl/α,β-unsaturated/α-hetero) is 1. The molecule has 0 saturated carbocycles. The number of carbonyl (C=O) groups excluding carboxylic acids is 1. The van der Waals surface area contributed by atoms with Crippen LogP contribution in [-0.2, 0) is 16.0 Å². The second kappa shape index (κ2) is 4.67. The molecule has 1 rings (SSSR count). The fourth-order valence-corrected chi connectivity index (χ4v) is 0.935. The summed E-state index contributed by atoms with van der Waals surface area (Å²) in [4.78, 5) is 11.1. The molecule has 1 aromatic rings. The average Bonchev–Trinajstić information content (AvgIpc) is 2.09. The van der Waals surface area contributed by atoms with Crippen LogP contribution in [0, 0.1) is 6.92 Å². The van der Waals surface area contributed by atoms with E-state index in [1.165, 1.54) is 7.11 Å². The summed E-state index contributed by atoms with van der Waals surface area (Å²) in [5, 5.41) is 7.72. The first-order valence-electron chi connectivity index (χ1n) is 4.02. The number of aromatic nitrogens is 2. The topological polar surface area (TPSA) is 52.1 Å². The highest BCUT2D eigenvalue weighted by Crippen LogP contribution is 1.96. The highest BCUT2D eigenvalue weighted by molar-refractivity contribution is 5.81. The van der Waals surface area contributed by atoms with Crippen LogP contribution in [0.2, 0.25) is 0 Å². The molecule has 0 bridgehead atoms. The van der Waals surface area contributed by atoms with Crippen molar-refractivity contribution in [3.05, 3.63) is 23.5 Å². The highest BCUT2D eigenvalue weighted by Gasteiger charge is 2.03. The molecule has 13 heavy (non-hydrogen) atoms. The van der Waals surface area contributed by atoms with Crippen molar-refractivity contribution in [2.45, 2.75) is 13.3 Å². The van der Waals surface area contributed by atoms with Crippen molar-refractivity contribution in [1.82, 2.24) is 10.2 Å². The van der Waals surface area contributed by atoms with E-state index in [4.69, 9.17) is 4.74 Å². The maximum absolute atomic E-state index is 11.1. The molecule has 1 aromatic heterocycles. The summed E-state index contributed by atoms with van der Waals surface area (Å²) in [5.41, 5.74) is 1.54. The van der Waals surface area contributed by atoms with Gasteiger partial charge < -0.3 is 4.74 Å². The first-order chi connectivity index (χ1) is 6.22. The van der Waals surface area contributed by atoms with Gasteiger partial charge in [-0.15, -0.1) is 0 Å². The molecule has 4 nitrogen and oxygen atoms in total. The normalized spacial score (nSPS) is 10.0. The number of aryl methyl sites for hydroxylation is 1. The molecular formula is C9H12N2O2. The van der Waals surface area contributed by atoms with Crippen LogP contribution in [0.5, 0.6) is 0 Å². The van der Waals surface area contributed by atoms with Gasteiger partial charge in [-0.2, -0.15) is 10.2 Å². The van der Waals surface area contributed by atoms with E-state index in [1.807, 2.05) is 13.0 Å². The Balaban J connectivity index is 2.54. The molecule has 0 aliphatic carbocycles. The second-order valence-corrected chi connectivity index (χ2v) is 2.81. The van der Waals surface area contributed by atoms with E-state index >= 15 is 0 Å². The molecule has 0 fully saturated rings. The van der Waals surface area contributed by atoms with Crippen molar-refractivity contribution < 1.29 is 9.53 Å². The van der Waals surface area contributed by atoms with Gasteiger partial charge in [-0.05, 0) is 19.1 Å². The molecule has 0 amide bonds. The van der Waals surface area contributed by atoms with Crippen molar-refractivity contribution in [2.24, 2.45) is 0 Å². The Morgan fingerprint density at radius 2 is 2.23 bits per heavy atom. The predicted molar refractivity (Wildman–Crippen MR) is 47.4 cm³/mol. The van der Waals surface area contributed by atoms with Gasteiger partial charge in [-0.1, -0.05) is 0 Å². The van der Waals surface area contributed by atoms with Crippen molar-refractivity contribution in [3.8, 4) is 0 Å². The van der Waals surface area contributed by atoms with Crippen LogP contribution >= 0.6 is 0 Å². The van der Waals surface area contributed by atoms with Gasteiger partial charge in [0.2, 0.25) is 0 Å². The smallest absolute Gasteiger partial charge is 0.164 e. The number of hydrogen-bond donors (Lipinski definition) is 0. The highest BCUT2D eigenvalue weighted by atomic mass is 16.5. The van der Waals surface area contributed by atoms with E-state index in [9.17, 15) is 4.79 Å². The Labute approximate surface area is 76.9 Å². The Morgan fingerprint density at radius 3 is 2.77 bits per heavy atom. The number of hydrogen-bond acceptors (Lipinski definition) is 4. The minimum absolute atomic E-state index is 0.0145. The van der Waals surface area contributed by atoms with Gasteiger partial charge in [0.15, 0.2) is 5.78 Å². The second-order valence-electron chi connectivity index (χ2n) is 2.81. The van der Waals surface area contributed by atoms with Crippen molar-refractivity contribution in [1.29, 1.82) is 0 Å². The molecule has 0 aromatic carbocycles. The summed E-state index contributed by atoms with van der Waals surface area (Å²) in [5.74, 6) is 0.0145. The summed E-state index contributed by atoms with van der Waals surface area (Å²) < 4.78 is 4.70. The molecule has 0 aliphatic rings. The van der Waals surface area contributed by atoms with E-state index in [0.29, 0.717) is 12.1 Å². The Kier molecular flexibility index (Phi) is 3.52. The number of rotatable bonds is 4. The van der Waals surface area contributed by atoms with Crippen LogP contribution in [0.1, 0.15) is 11.4 Å². The molecule has 0 atom stereocenters. The van der Waals surface area contributed by atoms with Crippen LogP contribution in [-0.4, -0.2) is 29.7 Å². The molecule has 0 unspecified atom stereocenters. The molecule has 0 radical (unpaired) electrons. The molecule has 0 N–H and O–H groups in total. The molecule has 70 valence electrons. The summed E-state index contributed by atoms with van der Waals surface area (Å²) in [6.45, 7) is 1.99. The van der Waals surface area contributed by atoms with E-state index in [2.05, 4.69) is 10.2 Å². The van der Waals surface area contributed by atoms with Gasteiger partial charge in [-0.25, -0.2) is 0 Å². The van der Waals surface area contributed by atoms with Crippen LogP contribution in [0.15, 0.2) is 12.1 Å². The Morgan fingerprint density at radius 1 is 1.46 bits per heavy atom. The van der Waals surface area contributed by atoms with Gasteiger partial charge in [-0.3, -0.25) is 4.79 Å². The van der Waals surface area contributed by atoms with Gasteiger partial charge in [0.1, 0.15) is 6.61 Å². The molecule has 4 heteroatoms. The monoisotopic (exact) mass is 180 g/mol. The number of carbonyl (C=O) groups is 1. The molecule has 0 spiro atoms. The predicted octanol–water partition coefficient (Wildman–Crippen LogP) is 0.543. The summed E-state index contributed by atoms with van der Waals surface area (Å²) in [7, 11) is 1.50. The zero-order chi connectivity index (χ0) is 9.68. The molecule has 1 heterocycles. The maximum atomic E-state index is 11.1. The lowest BCUT2D eigenvalue weighted by atomic mass is 10.2. The van der Waals surface area contributed by atoms with Crippen molar-refractivity contribution in [2.75, 3.05) is 13.7 Å². The van der Waals surface area contributed by atoms with Gasteiger partial charge >= 0.3 is 0 Å². The average molecular weight is 180 g/mol. The number of nitrogens with zero attached hydrogens (tertiary/aromatic N) is 2. The minimum Gasteiger partial charge on any atom is -0.377 e. The number of methoxy groups -OCH3 is 1. The third-order valence-electron chi connectivity index (χ3n) is 1.54. The first kappa shape index (κ1) is 9.80. The summed E-state index contributed by atoms with van der Waals surface area (Å²) in [6.07, 6.45) is 0.293. The fraction of sp³-hybridized carbons (Fsp3) is 0.444. The third-order valence-corrected chi connectivity index (χ3v) is 1.54. The van der Waals surface area contributed by atoms with E-state index in [1.54, 1.807) is 6.07 Å². The van der Waals surface area contributed by atoms with Crippen LogP contribution in [0.25, 0.3) is 0 Å². The van der Waals surface area contributed by atoms with Crippen LogP contribution < -0.4 is 0 Å². The van der Waals surface area contributed by atoms with E-state index in [-0.39, 0.29) is 12.4 Å². The SMILES string of the molecule is COCC(=O)Cc1ccc(C)nn1. The standard InChI is InChI=1S/C9H12N2O2/c1-7-3-4-8(11-10-7)5-9(12)6-13-2/h3-4H,5-6H2,1-2H3. The number of ether oxygens (including phenoxy) is 1. The Bertz CT molecular complexity index is 282. The van der Waals surface area contributed by atoms with Gasteiger partial charge in [0, 0.05) is 7.11 Å². The van der Waals surface area contributed by atoms with E-state index in [0.717, 1.165) is 5.69 Å². The van der Waals surface area contributed by atoms with Crippen LogP contribution in [0.3, 0.4) is 0 Å². The lowest BCUT2D eigenvalue weighted by molar-refractivity contribution is -0.122. The molecule has 0 aliphatic heterocycles. The summed E-state index contributed by atoms with van der Waals surface area (Å²) in [6, 6.07) is 3.64. The quantitative estimate of drug-likeness (QED) is 0.678. The Hall–Kier alpha value is -1.29. The molecule has 0 saturated heterocycles. The van der Waals surface area contributed by atoms with Gasteiger partial charge in [0.25, 0.3) is 0 Å². The molecular weight excluding hydrogens is 168 g/mol. The fourth-order valence-electron chi connectivity index (χ4n) is 0.935. The van der Waals surface area contributed by atoms with E-state index < -0.39 is 0 Å². The summed E-state index contributed by atoms with van der Waals surface area (Å²) >= 11 is 0. The first-order valence-corrected chi connectivity index (χ1v) is 4.02. The largest absolute Gasteiger partial charge is 0.377 e. The maximum Gasteiger partial charge on any atom is 0.164 e. The zero-order valence-corrected chi connectivity index (χ0v) is 7.78. The van der Waals surface area contributed by atoms with Crippen molar-refractivity contribution in [3.63, 3.8) is 0 Å². The zero-order valence-electron chi connectivity index (χ0n) is 7.78. The van der Waals surface area contributed by atoms with Crippen LogP contribution in [0.4, 0.5) is 0 Å². The van der Waals surface area contributed by atoms with Gasteiger partial charge in [0.05, 0.1) is 17.8 Å². The lowest BCUT2D eigenvalue weighted by Gasteiger charge is -1.98. The minimum atomic E-state index is 0.0145. The van der Waals surface area contributed by atoms with Crippen molar-refractivity contribution >= 4 is 5.78 Å². The lowest BCUT2D eigenvalue weighted by Crippen LogP contribution is -2.11. The third kappa shape index (κ3) is 3.29.